The number of aliphatic hydroxyl groups excluding tert-OH is 1. The Morgan fingerprint density at radius 2 is 2.31 bits per heavy atom. The molecular formula is C9H11N3O4. The first-order valence-corrected chi connectivity index (χ1v) is 4.80. The fraction of sp³-hybridized carbons (Fsp3) is 0.444. The van der Waals surface area contributed by atoms with Crippen molar-refractivity contribution in [3.8, 4) is 0 Å². The van der Waals surface area contributed by atoms with Gasteiger partial charge in [-0.1, -0.05) is 0 Å². The summed E-state index contributed by atoms with van der Waals surface area (Å²) in [5.41, 5.74) is 0.292. The monoisotopic (exact) mass is 225 g/mol. The molecule has 2 rings (SSSR count). The molecular weight excluding hydrogens is 214 g/mol. The molecule has 0 bridgehead atoms. The van der Waals surface area contributed by atoms with Crippen molar-refractivity contribution < 1.29 is 19.8 Å². The van der Waals surface area contributed by atoms with Crippen molar-refractivity contribution in [2.75, 3.05) is 6.54 Å². The highest BCUT2D eigenvalue weighted by Crippen LogP contribution is 2.20. The van der Waals surface area contributed by atoms with Crippen molar-refractivity contribution in [3.63, 3.8) is 0 Å². The lowest BCUT2D eigenvalue weighted by molar-refractivity contribution is -0.141. The van der Waals surface area contributed by atoms with Crippen LogP contribution in [-0.2, 0) is 4.79 Å². The quantitative estimate of drug-likeness (QED) is 0.602. The molecule has 1 unspecified atom stereocenters. The molecule has 0 saturated carbocycles. The van der Waals surface area contributed by atoms with Crippen LogP contribution in [0.2, 0.25) is 0 Å². The highest BCUT2D eigenvalue weighted by molar-refractivity contribution is 5.96. The molecule has 86 valence electrons. The molecule has 0 spiro atoms. The number of carbonyl (C=O) groups is 2. The van der Waals surface area contributed by atoms with Gasteiger partial charge in [0.15, 0.2) is 0 Å². The number of hydrogen-bond acceptors (Lipinski definition) is 4. The normalized spacial score (nSPS) is 24.7. The number of nitrogens with one attached hydrogen (secondary N) is 1. The minimum Gasteiger partial charge on any atom is -0.480 e. The molecule has 1 amide bonds. The summed E-state index contributed by atoms with van der Waals surface area (Å²) >= 11 is 0. The second kappa shape index (κ2) is 3.93. The first-order valence-electron chi connectivity index (χ1n) is 4.80. The number of aliphatic carboxylic acids is 1. The van der Waals surface area contributed by atoms with Crippen LogP contribution in [0, 0.1) is 0 Å². The molecule has 0 radical (unpaired) electrons. The lowest BCUT2D eigenvalue weighted by Gasteiger charge is -2.20. The van der Waals surface area contributed by atoms with E-state index in [-0.39, 0.29) is 13.0 Å². The van der Waals surface area contributed by atoms with Crippen LogP contribution in [0.25, 0.3) is 0 Å². The lowest BCUT2D eigenvalue weighted by Crippen LogP contribution is -2.40. The Balaban J connectivity index is 2.20. The van der Waals surface area contributed by atoms with Crippen LogP contribution in [0.15, 0.2) is 12.4 Å². The van der Waals surface area contributed by atoms with Gasteiger partial charge in [0.1, 0.15) is 6.04 Å². The number of nitrogens with zero attached hydrogens (tertiary/aromatic N) is 2. The summed E-state index contributed by atoms with van der Waals surface area (Å²) in [6.45, 7) is 0.0426. The number of aromatic nitrogens is 2. The average molecular weight is 225 g/mol. The summed E-state index contributed by atoms with van der Waals surface area (Å²) in [6.07, 6.45) is 2.01. The number of carboxylic acid groups (broad SMARTS) is 1. The van der Waals surface area contributed by atoms with E-state index in [4.69, 9.17) is 5.11 Å². The van der Waals surface area contributed by atoms with Gasteiger partial charge in [-0.05, 0) is 0 Å². The number of H-pyrrole nitrogens is 1. The van der Waals surface area contributed by atoms with Gasteiger partial charge in [0, 0.05) is 19.2 Å². The number of rotatable bonds is 2. The number of likely N-dealkylation sites (tertiary alicyclic amines) is 1. The highest BCUT2D eigenvalue weighted by Gasteiger charge is 2.39. The van der Waals surface area contributed by atoms with Gasteiger partial charge in [-0.2, -0.15) is 5.10 Å². The van der Waals surface area contributed by atoms with Crippen LogP contribution in [0.4, 0.5) is 0 Å². The van der Waals surface area contributed by atoms with E-state index in [1.165, 1.54) is 12.4 Å². The average Bonchev–Trinajstić information content (AvgIpc) is 2.84. The molecule has 0 aliphatic carbocycles. The predicted molar refractivity (Wildman–Crippen MR) is 51.7 cm³/mol. The molecule has 1 fully saturated rings. The van der Waals surface area contributed by atoms with Crippen molar-refractivity contribution in [2.45, 2.75) is 18.6 Å². The minimum atomic E-state index is -1.10. The molecule has 3 N–H and O–H groups in total. The van der Waals surface area contributed by atoms with Crippen molar-refractivity contribution in [1.29, 1.82) is 0 Å². The Morgan fingerprint density at radius 3 is 2.88 bits per heavy atom. The van der Waals surface area contributed by atoms with Gasteiger partial charge in [0.2, 0.25) is 0 Å². The third-order valence-electron chi connectivity index (χ3n) is 2.57. The Hall–Kier alpha value is -1.89. The first-order chi connectivity index (χ1) is 7.59. The van der Waals surface area contributed by atoms with E-state index in [9.17, 15) is 14.7 Å². The summed E-state index contributed by atoms with van der Waals surface area (Å²) in [6, 6.07) is -0.961. The zero-order valence-electron chi connectivity index (χ0n) is 8.33. The second-order valence-electron chi connectivity index (χ2n) is 3.69. The standard InChI is InChI=1S/C9H11N3O4/c13-6-1-7(9(15)16)12(4-6)8(14)5-2-10-11-3-5/h2-3,6-7,13H,1,4H2,(H,10,11)(H,15,16)/t6?,7-/m0/s1. The maximum Gasteiger partial charge on any atom is 0.326 e. The highest BCUT2D eigenvalue weighted by atomic mass is 16.4. The number of β-amino-alcohol motifs (C(OH)–C–C–N with tert-alkyl or cyclic N) is 1. The van der Waals surface area contributed by atoms with Crippen LogP contribution in [0.5, 0.6) is 0 Å². The summed E-state index contributed by atoms with van der Waals surface area (Å²) in [4.78, 5) is 23.9. The molecule has 1 saturated heterocycles. The van der Waals surface area contributed by atoms with Crippen LogP contribution >= 0.6 is 0 Å². The largest absolute Gasteiger partial charge is 0.480 e. The third-order valence-corrected chi connectivity index (χ3v) is 2.57. The number of carboxylic acids is 1. The van der Waals surface area contributed by atoms with E-state index in [0.29, 0.717) is 5.56 Å². The van der Waals surface area contributed by atoms with Crippen molar-refractivity contribution >= 4 is 11.9 Å². The van der Waals surface area contributed by atoms with Crippen LogP contribution in [0.3, 0.4) is 0 Å². The van der Waals surface area contributed by atoms with Crippen molar-refractivity contribution in [1.82, 2.24) is 15.1 Å². The summed E-state index contributed by atoms with van der Waals surface area (Å²) in [7, 11) is 0. The van der Waals surface area contributed by atoms with Crippen molar-refractivity contribution in [2.24, 2.45) is 0 Å². The third kappa shape index (κ3) is 1.76. The second-order valence-corrected chi connectivity index (χ2v) is 3.69. The smallest absolute Gasteiger partial charge is 0.326 e. The SMILES string of the molecule is O=C(O)[C@@H]1CC(O)CN1C(=O)c1cn[nH]c1. The Morgan fingerprint density at radius 1 is 1.56 bits per heavy atom. The van der Waals surface area contributed by atoms with E-state index in [0.717, 1.165) is 4.90 Å². The molecule has 1 aliphatic rings. The van der Waals surface area contributed by atoms with Crippen LogP contribution in [0.1, 0.15) is 16.8 Å². The van der Waals surface area contributed by atoms with Gasteiger partial charge in [-0.25, -0.2) is 4.79 Å². The van der Waals surface area contributed by atoms with E-state index < -0.39 is 24.0 Å². The summed E-state index contributed by atoms with van der Waals surface area (Å²) in [5.74, 6) is -1.54. The Kier molecular flexibility index (Phi) is 2.61. The van der Waals surface area contributed by atoms with E-state index in [1.807, 2.05) is 0 Å². The molecule has 16 heavy (non-hydrogen) atoms. The lowest BCUT2D eigenvalue weighted by atomic mass is 10.2. The fourth-order valence-corrected chi connectivity index (χ4v) is 1.81. The zero-order chi connectivity index (χ0) is 11.7. The molecule has 1 aromatic heterocycles. The topological polar surface area (TPSA) is 107 Å². The van der Waals surface area contributed by atoms with Gasteiger partial charge < -0.3 is 15.1 Å². The molecule has 0 aromatic carbocycles. The van der Waals surface area contributed by atoms with E-state index in [1.54, 1.807) is 0 Å². The predicted octanol–water partition coefficient (Wildman–Crippen LogP) is -0.930. The number of hydrogen-bond donors (Lipinski definition) is 3. The maximum absolute atomic E-state index is 11.9. The molecule has 2 atom stereocenters. The van der Waals surface area contributed by atoms with Gasteiger partial charge in [-0.3, -0.25) is 9.89 Å². The molecule has 7 nitrogen and oxygen atoms in total. The minimum absolute atomic E-state index is 0.0426. The molecule has 1 aromatic rings. The van der Waals surface area contributed by atoms with Gasteiger partial charge in [0.05, 0.1) is 17.9 Å². The number of amides is 1. The molecule has 1 aliphatic heterocycles. The molecule has 7 heteroatoms. The number of aromatic amines is 1. The Labute approximate surface area is 90.7 Å². The van der Waals surface area contributed by atoms with Crippen LogP contribution < -0.4 is 0 Å². The van der Waals surface area contributed by atoms with Gasteiger partial charge in [0.25, 0.3) is 5.91 Å². The number of aliphatic hydroxyl groups is 1. The van der Waals surface area contributed by atoms with Gasteiger partial charge >= 0.3 is 5.97 Å². The fourth-order valence-electron chi connectivity index (χ4n) is 1.81. The Bertz CT molecular complexity index is 403. The van der Waals surface area contributed by atoms with Crippen molar-refractivity contribution in [3.05, 3.63) is 18.0 Å². The molecule has 2 heterocycles. The maximum atomic E-state index is 11.9. The number of carbonyl (C=O) groups excluding carboxylic acids is 1. The first kappa shape index (κ1) is 10.6. The van der Waals surface area contributed by atoms with E-state index in [2.05, 4.69) is 10.2 Å². The summed E-state index contributed by atoms with van der Waals surface area (Å²) < 4.78 is 0. The van der Waals surface area contributed by atoms with E-state index >= 15 is 0 Å². The van der Waals surface area contributed by atoms with Gasteiger partial charge in [-0.15, -0.1) is 0 Å². The van der Waals surface area contributed by atoms with Crippen LogP contribution in [-0.4, -0.2) is 55.9 Å². The summed E-state index contributed by atoms with van der Waals surface area (Å²) in [5, 5.41) is 24.4. The zero-order valence-corrected chi connectivity index (χ0v) is 8.33.